The van der Waals surface area contributed by atoms with E-state index in [-0.39, 0.29) is 12.0 Å². The van der Waals surface area contributed by atoms with Crippen molar-refractivity contribution in [2.45, 2.75) is 20.0 Å². The first-order valence-corrected chi connectivity index (χ1v) is 6.83. The van der Waals surface area contributed by atoms with E-state index in [1.807, 2.05) is 36.9 Å². The van der Waals surface area contributed by atoms with Crippen molar-refractivity contribution in [3.63, 3.8) is 0 Å². The molecule has 1 amide bonds. The van der Waals surface area contributed by atoms with E-state index in [1.54, 1.807) is 0 Å². The van der Waals surface area contributed by atoms with Crippen LogP contribution in [0.3, 0.4) is 0 Å². The van der Waals surface area contributed by atoms with Crippen molar-refractivity contribution in [1.82, 2.24) is 4.90 Å². The van der Waals surface area contributed by atoms with Gasteiger partial charge in [-0.1, -0.05) is 6.07 Å². The number of nitrogens with zero attached hydrogens (tertiary/aromatic N) is 1. The van der Waals surface area contributed by atoms with Crippen LogP contribution in [0.1, 0.15) is 22.8 Å². The normalized spacial score (nSPS) is 20.4. The predicted octanol–water partition coefficient (Wildman–Crippen LogP) is 2.46. The SMILES string of the molecule is Cc1ccc(C(=O)N2CCO[C@@H](C)C2)cc1I. The van der Waals surface area contributed by atoms with Crippen LogP contribution in [0.25, 0.3) is 0 Å². The lowest BCUT2D eigenvalue weighted by atomic mass is 10.1. The van der Waals surface area contributed by atoms with Crippen LogP contribution < -0.4 is 0 Å². The van der Waals surface area contributed by atoms with Crippen LogP contribution in [0.15, 0.2) is 18.2 Å². The summed E-state index contributed by atoms with van der Waals surface area (Å²) in [5.74, 6) is 0.109. The smallest absolute Gasteiger partial charge is 0.254 e. The van der Waals surface area contributed by atoms with Gasteiger partial charge in [-0.25, -0.2) is 0 Å². The van der Waals surface area contributed by atoms with Crippen molar-refractivity contribution >= 4 is 28.5 Å². The van der Waals surface area contributed by atoms with E-state index in [4.69, 9.17) is 4.74 Å². The number of rotatable bonds is 1. The lowest BCUT2D eigenvalue weighted by molar-refractivity contribution is -0.0124. The molecule has 1 fully saturated rings. The molecule has 0 unspecified atom stereocenters. The average molecular weight is 345 g/mol. The molecule has 92 valence electrons. The van der Waals surface area contributed by atoms with Crippen LogP contribution >= 0.6 is 22.6 Å². The number of halogens is 1. The molecule has 0 aliphatic carbocycles. The Morgan fingerprint density at radius 2 is 2.29 bits per heavy atom. The topological polar surface area (TPSA) is 29.5 Å². The average Bonchev–Trinajstić information content (AvgIpc) is 2.32. The minimum absolute atomic E-state index is 0.109. The molecule has 0 N–H and O–H groups in total. The highest BCUT2D eigenvalue weighted by atomic mass is 127. The summed E-state index contributed by atoms with van der Waals surface area (Å²) in [6, 6.07) is 5.86. The number of morpholine rings is 1. The maximum absolute atomic E-state index is 12.3. The number of hydrogen-bond donors (Lipinski definition) is 0. The summed E-state index contributed by atoms with van der Waals surface area (Å²) in [7, 11) is 0. The molecule has 1 heterocycles. The molecule has 17 heavy (non-hydrogen) atoms. The monoisotopic (exact) mass is 345 g/mol. The maximum Gasteiger partial charge on any atom is 0.254 e. The van der Waals surface area contributed by atoms with Crippen LogP contribution in [-0.4, -0.2) is 36.6 Å². The van der Waals surface area contributed by atoms with Crippen molar-refractivity contribution in [3.8, 4) is 0 Å². The Balaban J connectivity index is 2.15. The highest BCUT2D eigenvalue weighted by molar-refractivity contribution is 14.1. The standard InChI is InChI=1S/C13H16INO2/c1-9-3-4-11(7-12(9)14)13(16)15-5-6-17-10(2)8-15/h3-4,7,10H,5-6,8H2,1-2H3/t10-/m0/s1. The Bertz CT molecular complexity index is 433. The molecule has 1 saturated heterocycles. The Morgan fingerprint density at radius 1 is 1.53 bits per heavy atom. The first-order chi connectivity index (χ1) is 8.08. The molecular weight excluding hydrogens is 329 g/mol. The van der Waals surface area contributed by atoms with E-state index < -0.39 is 0 Å². The van der Waals surface area contributed by atoms with Crippen LogP contribution in [0.4, 0.5) is 0 Å². The van der Waals surface area contributed by atoms with Gasteiger partial charge in [-0.15, -0.1) is 0 Å². The summed E-state index contributed by atoms with van der Waals surface area (Å²) < 4.78 is 6.58. The molecule has 1 aromatic rings. The van der Waals surface area contributed by atoms with Crippen LogP contribution in [0, 0.1) is 10.5 Å². The highest BCUT2D eigenvalue weighted by Crippen LogP contribution is 2.16. The Hall–Kier alpha value is -0.620. The summed E-state index contributed by atoms with van der Waals surface area (Å²) in [6.07, 6.45) is 0.136. The third kappa shape index (κ3) is 2.98. The molecule has 1 aromatic carbocycles. The highest BCUT2D eigenvalue weighted by Gasteiger charge is 2.22. The van der Waals surface area contributed by atoms with Gasteiger partial charge in [0.15, 0.2) is 0 Å². The molecular formula is C13H16INO2. The van der Waals surface area contributed by atoms with Gasteiger partial charge >= 0.3 is 0 Å². The molecule has 1 aliphatic rings. The third-order valence-electron chi connectivity index (χ3n) is 2.95. The molecule has 1 aliphatic heterocycles. The second-order valence-corrected chi connectivity index (χ2v) is 5.56. The molecule has 0 bridgehead atoms. The summed E-state index contributed by atoms with van der Waals surface area (Å²) in [6.45, 7) is 6.05. The van der Waals surface area contributed by atoms with Crippen molar-refractivity contribution in [2.24, 2.45) is 0 Å². The number of amides is 1. The second kappa shape index (κ2) is 5.35. The molecule has 0 spiro atoms. The minimum Gasteiger partial charge on any atom is -0.375 e. The van der Waals surface area contributed by atoms with Crippen molar-refractivity contribution in [2.75, 3.05) is 19.7 Å². The molecule has 1 atom stereocenters. The van der Waals surface area contributed by atoms with Gasteiger partial charge in [-0.3, -0.25) is 4.79 Å². The fourth-order valence-electron chi connectivity index (χ4n) is 1.91. The van der Waals surface area contributed by atoms with Crippen LogP contribution in [0.5, 0.6) is 0 Å². The Morgan fingerprint density at radius 3 is 2.94 bits per heavy atom. The van der Waals surface area contributed by atoms with Gasteiger partial charge in [-0.05, 0) is 54.1 Å². The van der Waals surface area contributed by atoms with Gasteiger partial charge in [0, 0.05) is 22.2 Å². The number of carbonyl (C=O) groups is 1. The van der Waals surface area contributed by atoms with Gasteiger partial charge in [0.1, 0.15) is 0 Å². The lowest BCUT2D eigenvalue weighted by Crippen LogP contribution is -2.44. The van der Waals surface area contributed by atoms with E-state index in [0.717, 1.165) is 9.13 Å². The Kier molecular flexibility index (Phi) is 4.04. The number of aryl methyl sites for hydroxylation is 1. The first-order valence-electron chi connectivity index (χ1n) is 5.75. The lowest BCUT2D eigenvalue weighted by Gasteiger charge is -2.31. The van der Waals surface area contributed by atoms with E-state index in [0.29, 0.717) is 19.7 Å². The fourth-order valence-corrected chi connectivity index (χ4v) is 2.43. The molecule has 0 radical (unpaired) electrons. The van der Waals surface area contributed by atoms with Gasteiger partial charge in [0.05, 0.1) is 12.7 Å². The van der Waals surface area contributed by atoms with Gasteiger partial charge in [0.2, 0.25) is 0 Å². The fraction of sp³-hybridized carbons (Fsp3) is 0.462. The molecule has 0 aromatic heterocycles. The summed E-state index contributed by atoms with van der Waals surface area (Å²) in [4.78, 5) is 14.1. The van der Waals surface area contributed by atoms with Crippen molar-refractivity contribution in [3.05, 3.63) is 32.9 Å². The minimum atomic E-state index is 0.109. The largest absolute Gasteiger partial charge is 0.375 e. The number of carbonyl (C=O) groups excluding carboxylic acids is 1. The molecule has 4 heteroatoms. The predicted molar refractivity (Wildman–Crippen MR) is 75.2 cm³/mol. The number of hydrogen-bond acceptors (Lipinski definition) is 2. The summed E-state index contributed by atoms with van der Waals surface area (Å²) in [5, 5.41) is 0. The van der Waals surface area contributed by atoms with Gasteiger partial charge in [-0.2, -0.15) is 0 Å². The zero-order chi connectivity index (χ0) is 12.4. The van der Waals surface area contributed by atoms with Gasteiger partial charge in [0.25, 0.3) is 5.91 Å². The van der Waals surface area contributed by atoms with Crippen LogP contribution in [-0.2, 0) is 4.74 Å². The molecule has 3 nitrogen and oxygen atoms in total. The van der Waals surface area contributed by atoms with Gasteiger partial charge < -0.3 is 9.64 Å². The van der Waals surface area contributed by atoms with E-state index in [1.165, 1.54) is 5.56 Å². The molecule has 2 rings (SSSR count). The van der Waals surface area contributed by atoms with E-state index in [2.05, 4.69) is 22.6 Å². The van der Waals surface area contributed by atoms with Crippen molar-refractivity contribution < 1.29 is 9.53 Å². The maximum atomic E-state index is 12.3. The summed E-state index contributed by atoms with van der Waals surface area (Å²) >= 11 is 2.26. The quantitative estimate of drug-likeness (QED) is 0.732. The van der Waals surface area contributed by atoms with Crippen LogP contribution in [0.2, 0.25) is 0 Å². The summed E-state index contributed by atoms with van der Waals surface area (Å²) in [5.41, 5.74) is 1.98. The zero-order valence-corrected chi connectivity index (χ0v) is 12.2. The van der Waals surface area contributed by atoms with Crippen molar-refractivity contribution in [1.29, 1.82) is 0 Å². The first kappa shape index (κ1) is 12.8. The van der Waals surface area contributed by atoms with E-state index in [9.17, 15) is 4.79 Å². The zero-order valence-electron chi connectivity index (χ0n) is 10.1. The third-order valence-corrected chi connectivity index (χ3v) is 4.11. The van der Waals surface area contributed by atoms with E-state index >= 15 is 0 Å². The Labute approximate surface area is 115 Å². The molecule has 0 saturated carbocycles. The number of ether oxygens (including phenoxy) is 1. The number of benzene rings is 1. The second-order valence-electron chi connectivity index (χ2n) is 4.40.